The predicted octanol–water partition coefficient (Wildman–Crippen LogP) is 4.04. The molecule has 0 heterocycles. The Labute approximate surface area is 118 Å². The molecule has 2 rings (SSSR count). The highest BCUT2D eigenvalue weighted by Gasteiger charge is 2.31. The lowest BCUT2D eigenvalue weighted by Crippen LogP contribution is -2.36. The van der Waals surface area contributed by atoms with Crippen molar-refractivity contribution < 1.29 is 13.2 Å². The first-order valence-corrected chi connectivity index (χ1v) is 7.39. The van der Waals surface area contributed by atoms with Crippen molar-refractivity contribution in [3.8, 4) is 0 Å². The Hall–Kier alpha value is -1.03. The number of hydrogen-bond acceptors (Lipinski definition) is 1. The van der Waals surface area contributed by atoms with Gasteiger partial charge in [0.15, 0.2) is 0 Å². The molecule has 0 radical (unpaired) electrons. The van der Waals surface area contributed by atoms with Crippen molar-refractivity contribution >= 4 is 0 Å². The Kier molecular flexibility index (Phi) is 5.08. The third-order valence-corrected chi connectivity index (χ3v) is 3.81. The van der Waals surface area contributed by atoms with Crippen molar-refractivity contribution in [1.82, 2.24) is 5.32 Å². The Morgan fingerprint density at radius 2 is 1.95 bits per heavy atom. The van der Waals surface area contributed by atoms with E-state index in [1.54, 1.807) is 0 Å². The van der Waals surface area contributed by atoms with Crippen LogP contribution in [-0.4, -0.2) is 18.8 Å². The highest BCUT2D eigenvalue weighted by Crippen LogP contribution is 2.26. The van der Waals surface area contributed by atoms with E-state index in [4.69, 9.17) is 0 Å². The molecule has 1 atom stereocenters. The molecule has 1 aromatic carbocycles. The average molecular weight is 285 g/mol. The monoisotopic (exact) mass is 285 g/mol. The van der Waals surface area contributed by atoms with Gasteiger partial charge in [-0.15, -0.1) is 0 Å². The van der Waals surface area contributed by atoms with E-state index in [0.29, 0.717) is 13.0 Å². The molecule has 1 aromatic rings. The summed E-state index contributed by atoms with van der Waals surface area (Å²) in [5, 5.41) is 3.02. The van der Waals surface area contributed by atoms with Gasteiger partial charge in [-0.3, -0.25) is 0 Å². The first-order valence-electron chi connectivity index (χ1n) is 7.39. The summed E-state index contributed by atoms with van der Waals surface area (Å²) in [6, 6.07) is 5.65. The van der Waals surface area contributed by atoms with Crippen LogP contribution in [0.2, 0.25) is 0 Å². The maximum absolute atomic E-state index is 12.6. The fraction of sp³-hybridized carbons (Fsp3) is 0.625. The molecular weight excluding hydrogens is 263 g/mol. The summed E-state index contributed by atoms with van der Waals surface area (Å²) < 4.78 is 37.8. The molecule has 1 aliphatic carbocycles. The number of rotatable bonds is 6. The molecule has 1 aliphatic rings. The minimum atomic E-state index is -4.11. The fourth-order valence-corrected chi connectivity index (χ4v) is 2.88. The van der Waals surface area contributed by atoms with Crippen LogP contribution in [0.4, 0.5) is 13.2 Å². The summed E-state index contributed by atoms with van der Waals surface area (Å²) in [6.45, 7) is 2.60. The van der Waals surface area contributed by atoms with Gasteiger partial charge in [0.05, 0.1) is 6.42 Å². The van der Waals surface area contributed by atoms with Crippen LogP contribution >= 0.6 is 0 Å². The van der Waals surface area contributed by atoms with Crippen LogP contribution in [-0.2, 0) is 19.3 Å². The van der Waals surface area contributed by atoms with Crippen LogP contribution in [0.15, 0.2) is 18.2 Å². The Morgan fingerprint density at radius 1 is 1.20 bits per heavy atom. The molecule has 1 nitrogen and oxygen atoms in total. The predicted molar refractivity (Wildman–Crippen MR) is 74.9 cm³/mol. The van der Waals surface area contributed by atoms with Gasteiger partial charge < -0.3 is 5.32 Å². The van der Waals surface area contributed by atoms with Crippen LogP contribution in [0.1, 0.15) is 42.9 Å². The largest absolute Gasteiger partial charge is 0.390 e. The third-order valence-electron chi connectivity index (χ3n) is 3.81. The highest BCUT2D eigenvalue weighted by molar-refractivity contribution is 5.35. The summed E-state index contributed by atoms with van der Waals surface area (Å²) in [7, 11) is 0. The second-order valence-corrected chi connectivity index (χ2v) is 5.63. The zero-order valence-corrected chi connectivity index (χ0v) is 11.9. The van der Waals surface area contributed by atoms with Crippen molar-refractivity contribution in [3.05, 3.63) is 34.9 Å². The van der Waals surface area contributed by atoms with Gasteiger partial charge in [-0.1, -0.05) is 25.1 Å². The standard InChI is InChI=1S/C16H22F3N/c1-2-8-20-15(11-16(17,18)19)10-12-6-7-13-4-3-5-14(13)9-12/h6-7,9,15,20H,2-5,8,10-11H2,1H3. The number of halogens is 3. The second-order valence-electron chi connectivity index (χ2n) is 5.63. The quantitative estimate of drug-likeness (QED) is 0.832. The van der Waals surface area contributed by atoms with E-state index in [9.17, 15) is 13.2 Å². The van der Waals surface area contributed by atoms with Gasteiger partial charge in [-0.05, 0) is 55.3 Å². The van der Waals surface area contributed by atoms with Crippen LogP contribution in [0, 0.1) is 0 Å². The van der Waals surface area contributed by atoms with Gasteiger partial charge in [-0.25, -0.2) is 0 Å². The van der Waals surface area contributed by atoms with Crippen molar-refractivity contribution in [2.24, 2.45) is 0 Å². The summed E-state index contributed by atoms with van der Waals surface area (Å²) >= 11 is 0. The number of benzene rings is 1. The van der Waals surface area contributed by atoms with Gasteiger partial charge in [0, 0.05) is 6.04 Å². The van der Waals surface area contributed by atoms with E-state index in [1.165, 1.54) is 17.5 Å². The Morgan fingerprint density at radius 3 is 2.65 bits per heavy atom. The maximum Gasteiger partial charge on any atom is 0.390 e. The summed E-state index contributed by atoms with van der Waals surface area (Å²) in [5.74, 6) is 0. The van der Waals surface area contributed by atoms with E-state index in [0.717, 1.165) is 24.8 Å². The van der Waals surface area contributed by atoms with Crippen molar-refractivity contribution in [1.29, 1.82) is 0 Å². The van der Waals surface area contributed by atoms with Gasteiger partial charge in [0.2, 0.25) is 0 Å². The second kappa shape index (κ2) is 6.61. The highest BCUT2D eigenvalue weighted by atomic mass is 19.4. The molecule has 4 heteroatoms. The third kappa shape index (κ3) is 4.51. The summed E-state index contributed by atoms with van der Waals surface area (Å²) in [4.78, 5) is 0. The van der Waals surface area contributed by atoms with E-state index in [-0.39, 0.29) is 0 Å². The van der Waals surface area contributed by atoms with E-state index >= 15 is 0 Å². The number of fused-ring (bicyclic) bond motifs is 1. The maximum atomic E-state index is 12.6. The first-order chi connectivity index (χ1) is 9.48. The number of aryl methyl sites for hydroxylation is 2. The van der Waals surface area contributed by atoms with Crippen LogP contribution < -0.4 is 5.32 Å². The average Bonchev–Trinajstić information content (AvgIpc) is 2.81. The summed E-state index contributed by atoms with van der Waals surface area (Å²) in [5.41, 5.74) is 3.70. The molecule has 1 N–H and O–H groups in total. The normalized spacial score (nSPS) is 16.2. The topological polar surface area (TPSA) is 12.0 Å². The Bertz CT molecular complexity index is 440. The minimum Gasteiger partial charge on any atom is -0.313 e. The molecule has 0 aromatic heterocycles. The fourth-order valence-electron chi connectivity index (χ4n) is 2.88. The lowest BCUT2D eigenvalue weighted by atomic mass is 9.99. The zero-order chi connectivity index (χ0) is 14.6. The molecule has 0 aliphatic heterocycles. The van der Waals surface area contributed by atoms with Crippen LogP contribution in [0.3, 0.4) is 0 Å². The minimum absolute atomic E-state index is 0.451. The molecule has 20 heavy (non-hydrogen) atoms. The van der Waals surface area contributed by atoms with Gasteiger partial charge in [0.1, 0.15) is 0 Å². The van der Waals surface area contributed by atoms with Crippen LogP contribution in [0.25, 0.3) is 0 Å². The number of hydrogen-bond donors (Lipinski definition) is 1. The lowest BCUT2D eigenvalue weighted by Gasteiger charge is -2.20. The van der Waals surface area contributed by atoms with Crippen molar-refractivity contribution in [2.45, 2.75) is 57.7 Å². The van der Waals surface area contributed by atoms with Gasteiger partial charge in [-0.2, -0.15) is 13.2 Å². The molecule has 0 fully saturated rings. The Balaban J connectivity index is 2.02. The molecule has 112 valence electrons. The van der Waals surface area contributed by atoms with Crippen LogP contribution in [0.5, 0.6) is 0 Å². The van der Waals surface area contributed by atoms with E-state index in [2.05, 4.69) is 17.4 Å². The molecule has 1 unspecified atom stereocenters. The molecule has 0 bridgehead atoms. The van der Waals surface area contributed by atoms with E-state index < -0.39 is 18.6 Å². The first kappa shape index (κ1) is 15.4. The smallest absolute Gasteiger partial charge is 0.313 e. The molecule has 0 saturated heterocycles. The zero-order valence-electron chi connectivity index (χ0n) is 11.9. The molecule has 0 amide bonds. The summed E-state index contributed by atoms with van der Waals surface area (Å²) in [6.07, 6.45) is -0.235. The lowest BCUT2D eigenvalue weighted by molar-refractivity contribution is -0.139. The van der Waals surface area contributed by atoms with Crippen molar-refractivity contribution in [2.75, 3.05) is 6.54 Å². The van der Waals surface area contributed by atoms with E-state index in [1.807, 2.05) is 13.0 Å². The number of alkyl halides is 3. The molecular formula is C16H22F3N. The SMILES string of the molecule is CCCNC(Cc1ccc2c(c1)CCC2)CC(F)(F)F. The number of nitrogens with one attached hydrogen (secondary N) is 1. The van der Waals surface area contributed by atoms with Crippen molar-refractivity contribution in [3.63, 3.8) is 0 Å². The molecule has 0 spiro atoms. The van der Waals surface area contributed by atoms with Gasteiger partial charge >= 0.3 is 6.18 Å². The molecule has 0 saturated carbocycles. The van der Waals surface area contributed by atoms with Gasteiger partial charge in [0.25, 0.3) is 0 Å².